The van der Waals surface area contributed by atoms with E-state index in [1.807, 2.05) is 4.90 Å². The van der Waals surface area contributed by atoms with Crippen LogP contribution >= 0.6 is 0 Å². The van der Waals surface area contributed by atoms with E-state index in [0.717, 1.165) is 17.4 Å². The van der Waals surface area contributed by atoms with Gasteiger partial charge in [-0.2, -0.15) is 4.98 Å². The van der Waals surface area contributed by atoms with Crippen LogP contribution in [0.2, 0.25) is 0 Å². The first-order valence-corrected chi connectivity index (χ1v) is 8.56. The van der Waals surface area contributed by atoms with Gasteiger partial charge in [-0.05, 0) is 12.8 Å². The summed E-state index contributed by atoms with van der Waals surface area (Å²) in [5.74, 6) is 1.16. The van der Waals surface area contributed by atoms with Crippen molar-refractivity contribution < 1.29 is 4.79 Å². The molecule has 0 N–H and O–H groups in total. The van der Waals surface area contributed by atoms with Gasteiger partial charge in [-0.3, -0.25) is 18.7 Å². The molecule has 1 aliphatic heterocycles. The minimum atomic E-state index is -0.387. The molecule has 1 aliphatic carbocycles. The second-order valence-corrected chi connectivity index (χ2v) is 6.94. The van der Waals surface area contributed by atoms with Gasteiger partial charge in [0.25, 0.3) is 5.56 Å². The van der Waals surface area contributed by atoms with E-state index in [9.17, 15) is 14.4 Å². The molecule has 3 heterocycles. The molecule has 0 spiro atoms. The Morgan fingerprint density at radius 1 is 0.960 bits per heavy atom. The van der Waals surface area contributed by atoms with E-state index in [4.69, 9.17) is 0 Å². The third kappa shape index (κ3) is 2.37. The van der Waals surface area contributed by atoms with Crippen LogP contribution in [0.1, 0.15) is 12.8 Å². The predicted molar refractivity (Wildman–Crippen MR) is 92.7 cm³/mol. The summed E-state index contributed by atoms with van der Waals surface area (Å²) in [7, 11) is 4.88. The number of imidazole rings is 1. The third-order valence-corrected chi connectivity index (χ3v) is 5.25. The van der Waals surface area contributed by atoms with Crippen molar-refractivity contribution >= 4 is 23.0 Å². The van der Waals surface area contributed by atoms with E-state index in [1.54, 1.807) is 18.7 Å². The maximum atomic E-state index is 12.5. The standard InChI is InChI=1S/C16H22N6O3/c1-18-11-12(19(2)16(25)20(3)14(11)24)17-15(18)22-8-6-21(7-9-22)13(23)10-4-5-10/h10H,4-9H2,1-3H3. The molecule has 2 aromatic rings. The topological polar surface area (TPSA) is 85.4 Å². The van der Waals surface area contributed by atoms with Gasteiger partial charge < -0.3 is 14.4 Å². The van der Waals surface area contributed by atoms with Gasteiger partial charge in [-0.15, -0.1) is 0 Å². The number of carbonyl (C=O) groups is 1. The van der Waals surface area contributed by atoms with E-state index in [-0.39, 0.29) is 23.1 Å². The quantitative estimate of drug-likeness (QED) is 0.698. The van der Waals surface area contributed by atoms with E-state index in [0.29, 0.717) is 43.3 Å². The van der Waals surface area contributed by atoms with E-state index >= 15 is 0 Å². The van der Waals surface area contributed by atoms with Crippen LogP contribution in [-0.2, 0) is 25.9 Å². The van der Waals surface area contributed by atoms with Crippen molar-refractivity contribution in [1.29, 1.82) is 0 Å². The fourth-order valence-corrected chi connectivity index (χ4v) is 3.51. The van der Waals surface area contributed by atoms with Crippen molar-refractivity contribution in [3.8, 4) is 0 Å². The number of amides is 1. The highest BCUT2D eigenvalue weighted by Gasteiger charge is 2.35. The largest absolute Gasteiger partial charge is 0.339 e. The number of rotatable bonds is 2. The number of nitrogens with zero attached hydrogens (tertiary/aromatic N) is 6. The molecule has 0 bridgehead atoms. The summed E-state index contributed by atoms with van der Waals surface area (Å²) in [4.78, 5) is 45.3. The van der Waals surface area contributed by atoms with Crippen LogP contribution in [0.15, 0.2) is 9.59 Å². The molecule has 9 nitrogen and oxygen atoms in total. The molecule has 134 valence electrons. The second kappa shape index (κ2) is 5.47. The first kappa shape index (κ1) is 15.9. The SMILES string of the molecule is Cn1c(=O)c2c(nc(N3CCN(C(=O)C4CC4)CC3)n2C)n(C)c1=O. The molecular formula is C16H22N6O3. The third-order valence-electron chi connectivity index (χ3n) is 5.25. The Labute approximate surface area is 144 Å². The average molecular weight is 346 g/mol. The number of aromatic nitrogens is 4. The van der Waals surface area contributed by atoms with Crippen LogP contribution in [0, 0.1) is 5.92 Å². The Bertz CT molecular complexity index is 972. The molecule has 0 atom stereocenters. The smallest absolute Gasteiger partial charge is 0.332 e. The maximum Gasteiger partial charge on any atom is 0.332 e. The zero-order valence-electron chi connectivity index (χ0n) is 14.7. The zero-order valence-corrected chi connectivity index (χ0v) is 14.7. The number of carbonyl (C=O) groups excluding carboxylic acids is 1. The molecule has 1 saturated carbocycles. The first-order chi connectivity index (χ1) is 11.9. The molecule has 25 heavy (non-hydrogen) atoms. The first-order valence-electron chi connectivity index (χ1n) is 8.56. The van der Waals surface area contributed by atoms with Crippen molar-refractivity contribution in [2.75, 3.05) is 31.1 Å². The molecule has 1 saturated heterocycles. The molecule has 1 amide bonds. The number of hydrogen-bond acceptors (Lipinski definition) is 5. The number of piperazine rings is 1. The van der Waals surface area contributed by atoms with Crippen LogP contribution in [0.4, 0.5) is 5.95 Å². The highest BCUT2D eigenvalue weighted by atomic mass is 16.2. The lowest BCUT2D eigenvalue weighted by Gasteiger charge is -2.35. The fraction of sp³-hybridized carbons (Fsp3) is 0.625. The second-order valence-electron chi connectivity index (χ2n) is 6.94. The summed E-state index contributed by atoms with van der Waals surface area (Å²) < 4.78 is 4.24. The highest BCUT2D eigenvalue weighted by molar-refractivity contribution is 5.81. The fourth-order valence-electron chi connectivity index (χ4n) is 3.51. The van der Waals surface area contributed by atoms with Crippen LogP contribution < -0.4 is 16.1 Å². The lowest BCUT2D eigenvalue weighted by Crippen LogP contribution is -2.49. The Hall–Kier alpha value is -2.58. The molecule has 9 heteroatoms. The Balaban J connectivity index is 1.67. The number of hydrogen-bond donors (Lipinski definition) is 0. The van der Waals surface area contributed by atoms with Gasteiger partial charge in [0.2, 0.25) is 11.9 Å². The monoisotopic (exact) mass is 346 g/mol. The van der Waals surface area contributed by atoms with Gasteiger partial charge in [0, 0.05) is 53.2 Å². The molecule has 2 aromatic heterocycles. The van der Waals surface area contributed by atoms with Crippen molar-refractivity contribution in [2.24, 2.45) is 27.1 Å². The molecule has 0 radical (unpaired) electrons. The van der Waals surface area contributed by atoms with Crippen molar-refractivity contribution in [3.63, 3.8) is 0 Å². The van der Waals surface area contributed by atoms with E-state index in [2.05, 4.69) is 9.88 Å². The molecule has 0 aromatic carbocycles. The number of fused-ring (bicyclic) bond motifs is 1. The number of anilines is 1. The Kier molecular flexibility index (Phi) is 3.48. The van der Waals surface area contributed by atoms with E-state index in [1.165, 1.54) is 11.6 Å². The highest BCUT2D eigenvalue weighted by Crippen LogP contribution is 2.31. The van der Waals surface area contributed by atoms with Gasteiger partial charge in [0.05, 0.1) is 0 Å². The van der Waals surface area contributed by atoms with E-state index < -0.39 is 0 Å². The minimum absolute atomic E-state index is 0.236. The van der Waals surface area contributed by atoms with Gasteiger partial charge in [-0.1, -0.05) is 0 Å². The van der Waals surface area contributed by atoms with Crippen LogP contribution in [-0.4, -0.2) is 55.7 Å². The molecule has 0 unspecified atom stereocenters. The summed E-state index contributed by atoms with van der Waals surface area (Å²) in [5.41, 5.74) is 0.0714. The normalized spacial score (nSPS) is 18.2. The van der Waals surface area contributed by atoms with Crippen molar-refractivity contribution in [2.45, 2.75) is 12.8 Å². The molecule has 4 rings (SSSR count). The summed E-state index contributed by atoms with van der Waals surface area (Å²) in [6.07, 6.45) is 2.03. The summed E-state index contributed by atoms with van der Waals surface area (Å²) in [6, 6.07) is 0. The lowest BCUT2D eigenvalue weighted by atomic mass is 10.3. The molecular weight excluding hydrogens is 324 g/mol. The maximum absolute atomic E-state index is 12.5. The molecule has 2 fully saturated rings. The number of aryl methyl sites for hydroxylation is 2. The molecule has 2 aliphatic rings. The van der Waals surface area contributed by atoms with Gasteiger partial charge in [0.1, 0.15) is 0 Å². The van der Waals surface area contributed by atoms with Gasteiger partial charge >= 0.3 is 5.69 Å². The lowest BCUT2D eigenvalue weighted by molar-refractivity contribution is -0.132. The Morgan fingerprint density at radius 3 is 2.20 bits per heavy atom. The summed E-state index contributed by atoms with van der Waals surface area (Å²) >= 11 is 0. The predicted octanol–water partition coefficient (Wildman–Crippen LogP) is -0.971. The van der Waals surface area contributed by atoms with Gasteiger partial charge in [0.15, 0.2) is 11.2 Å². The van der Waals surface area contributed by atoms with Crippen molar-refractivity contribution in [3.05, 3.63) is 20.8 Å². The van der Waals surface area contributed by atoms with Gasteiger partial charge in [-0.25, -0.2) is 4.79 Å². The van der Waals surface area contributed by atoms with Crippen LogP contribution in [0.3, 0.4) is 0 Å². The zero-order chi connectivity index (χ0) is 17.9. The average Bonchev–Trinajstić information content (AvgIpc) is 3.41. The van der Waals surface area contributed by atoms with Crippen molar-refractivity contribution in [1.82, 2.24) is 23.6 Å². The Morgan fingerprint density at radius 2 is 1.60 bits per heavy atom. The summed E-state index contributed by atoms with van der Waals surface area (Å²) in [5, 5.41) is 0. The minimum Gasteiger partial charge on any atom is -0.339 e. The van der Waals surface area contributed by atoms with Crippen LogP contribution in [0.5, 0.6) is 0 Å². The van der Waals surface area contributed by atoms with Crippen LogP contribution in [0.25, 0.3) is 11.2 Å². The summed E-state index contributed by atoms with van der Waals surface area (Å²) in [6.45, 7) is 2.67.